The maximum atomic E-state index is 13.6. The molecule has 0 aromatic heterocycles. The number of benzene rings is 1. The van der Waals surface area contributed by atoms with Gasteiger partial charge >= 0.3 is 0 Å². The monoisotopic (exact) mass is 438 g/mol. The highest BCUT2D eigenvalue weighted by Crippen LogP contribution is 2.30. The minimum absolute atomic E-state index is 0.0198. The summed E-state index contributed by atoms with van der Waals surface area (Å²) in [7, 11) is 0. The van der Waals surface area contributed by atoms with Crippen molar-refractivity contribution in [1.82, 2.24) is 20.2 Å². The second kappa shape index (κ2) is 8.33. The molecule has 8 heteroatoms. The number of fused-ring (bicyclic) bond motifs is 1. The number of hydrazine groups is 1. The average Bonchev–Trinajstić information content (AvgIpc) is 3.38. The van der Waals surface area contributed by atoms with Crippen molar-refractivity contribution >= 4 is 11.7 Å². The molecule has 3 atom stereocenters. The Morgan fingerprint density at radius 2 is 2.06 bits per heavy atom. The lowest BCUT2D eigenvalue weighted by atomic mass is 9.94. The Morgan fingerprint density at radius 3 is 2.81 bits per heavy atom. The molecular weight excluding hydrogens is 407 g/mol. The maximum Gasteiger partial charge on any atom is 0.254 e. The third-order valence-electron chi connectivity index (χ3n) is 6.93. The van der Waals surface area contributed by atoms with Crippen LogP contribution < -0.4 is 11.2 Å². The minimum Gasteiger partial charge on any atom is -0.355 e. The van der Waals surface area contributed by atoms with Crippen LogP contribution in [0.1, 0.15) is 48.5 Å². The molecule has 5 rings (SSSR count). The van der Waals surface area contributed by atoms with Crippen molar-refractivity contribution in [2.45, 2.75) is 57.7 Å². The Balaban J connectivity index is 1.39. The molecule has 4 aliphatic rings. The highest BCUT2D eigenvalue weighted by atomic mass is 19.1. The zero-order chi connectivity index (χ0) is 22.4. The minimum atomic E-state index is -0.317. The van der Waals surface area contributed by atoms with Crippen LogP contribution in [-0.4, -0.2) is 64.3 Å². The van der Waals surface area contributed by atoms with E-state index in [4.69, 9.17) is 10.7 Å². The highest BCUT2D eigenvalue weighted by molar-refractivity contribution is 5.99. The molecule has 0 spiro atoms. The molecule has 0 radical (unpaired) electrons. The van der Waals surface area contributed by atoms with E-state index >= 15 is 0 Å². The number of piperidine rings is 1. The summed E-state index contributed by atoms with van der Waals surface area (Å²) < 4.78 is 13.6. The fourth-order valence-electron chi connectivity index (χ4n) is 5.25. The van der Waals surface area contributed by atoms with Gasteiger partial charge in [-0.2, -0.15) is 0 Å². The largest absolute Gasteiger partial charge is 0.355 e. The fraction of sp³-hybridized carbons (Fsp3) is 0.500. The molecule has 1 amide bonds. The van der Waals surface area contributed by atoms with Crippen LogP contribution in [0.4, 0.5) is 4.39 Å². The maximum absolute atomic E-state index is 13.6. The number of amides is 1. The predicted octanol–water partition coefficient (Wildman–Crippen LogP) is 2.51. The molecule has 7 nitrogen and oxygen atoms in total. The van der Waals surface area contributed by atoms with E-state index in [0.717, 1.165) is 56.0 Å². The Kier molecular flexibility index (Phi) is 5.51. The van der Waals surface area contributed by atoms with Gasteiger partial charge in [-0.15, -0.1) is 0 Å². The smallest absolute Gasteiger partial charge is 0.254 e. The number of aliphatic imine (C=N–C) groups is 1. The van der Waals surface area contributed by atoms with Gasteiger partial charge < -0.3 is 15.5 Å². The molecule has 4 heterocycles. The van der Waals surface area contributed by atoms with E-state index in [1.54, 1.807) is 13.0 Å². The number of carbonyl (C=O) groups is 1. The van der Waals surface area contributed by atoms with Gasteiger partial charge in [0.1, 0.15) is 17.5 Å². The molecule has 0 saturated carbocycles. The first-order valence-corrected chi connectivity index (χ1v) is 11.5. The van der Waals surface area contributed by atoms with Crippen LogP contribution in [0.15, 0.2) is 46.9 Å². The summed E-state index contributed by atoms with van der Waals surface area (Å²) in [5.74, 6) is 1.51. The summed E-state index contributed by atoms with van der Waals surface area (Å²) in [4.78, 5) is 22.6. The second-order valence-corrected chi connectivity index (χ2v) is 9.31. The van der Waals surface area contributed by atoms with Crippen LogP contribution in [0, 0.1) is 12.7 Å². The molecular formula is C24H31FN6O. The highest BCUT2D eigenvalue weighted by Gasteiger charge is 2.38. The van der Waals surface area contributed by atoms with Crippen molar-refractivity contribution in [3.05, 3.63) is 58.8 Å². The summed E-state index contributed by atoms with van der Waals surface area (Å²) in [5.41, 5.74) is 12.0. The number of rotatable bonds is 2. The Morgan fingerprint density at radius 1 is 1.22 bits per heavy atom. The molecule has 0 aliphatic carbocycles. The van der Waals surface area contributed by atoms with E-state index in [-0.39, 0.29) is 29.8 Å². The molecule has 0 bridgehead atoms. The Labute approximate surface area is 188 Å². The number of nitrogens with one attached hydrogen (secondary N) is 1. The van der Waals surface area contributed by atoms with Crippen LogP contribution in [-0.2, 0) is 0 Å². The number of likely N-dealkylation sites (tertiary alicyclic amines) is 2. The van der Waals surface area contributed by atoms with Gasteiger partial charge in [0.25, 0.3) is 5.91 Å². The Bertz CT molecular complexity index is 1020. The molecule has 3 N–H and O–H groups in total. The third-order valence-corrected chi connectivity index (χ3v) is 6.93. The van der Waals surface area contributed by atoms with Crippen LogP contribution in [0.3, 0.4) is 0 Å². The Hall–Kier alpha value is -2.71. The molecule has 2 fully saturated rings. The summed E-state index contributed by atoms with van der Waals surface area (Å²) in [6.07, 6.45) is 8.17. The average molecular weight is 439 g/mol. The lowest BCUT2D eigenvalue weighted by Crippen LogP contribution is -2.54. The van der Waals surface area contributed by atoms with Gasteiger partial charge in [-0.3, -0.25) is 9.80 Å². The first-order chi connectivity index (χ1) is 15.4. The van der Waals surface area contributed by atoms with Gasteiger partial charge in [0.2, 0.25) is 0 Å². The summed E-state index contributed by atoms with van der Waals surface area (Å²) in [6.45, 7) is 6.33. The molecule has 4 aliphatic heterocycles. The number of carbonyl (C=O) groups excluding carboxylic acids is 1. The number of aryl methyl sites for hydroxylation is 1. The lowest BCUT2D eigenvalue weighted by Gasteiger charge is -2.39. The predicted molar refractivity (Wildman–Crippen MR) is 122 cm³/mol. The standard InChI is InChI=1S/C24H31FN6O/c1-15-11-17(25)6-7-19(15)24(32)30-9-4-3-5-21(30)20-12-22-27-23(16(2)13-31(22)28-20)29-10-8-18(26)14-29/h6-7,11-13,18,20-21,28H,3-5,8-10,14,26H2,1-2H3/t18-,20?,21?/m0/s1. The number of amidine groups is 1. The lowest BCUT2D eigenvalue weighted by molar-refractivity contribution is 0.0560. The first-order valence-electron chi connectivity index (χ1n) is 11.5. The zero-order valence-corrected chi connectivity index (χ0v) is 18.7. The summed E-state index contributed by atoms with van der Waals surface area (Å²) in [5, 5.41) is 1.97. The van der Waals surface area contributed by atoms with Crippen molar-refractivity contribution in [2.24, 2.45) is 10.7 Å². The van der Waals surface area contributed by atoms with E-state index < -0.39 is 0 Å². The third kappa shape index (κ3) is 3.82. The van der Waals surface area contributed by atoms with Gasteiger partial charge in [0.15, 0.2) is 0 Å². The topological polar surface area (TPSA) is 77.2 Å². The van der Waals surface area contributed by atoms with Gasteiger partial charge in [-0.1, -0.05) is 0 Å². The van der Waals surface area contributed by atoms with Crippen molar-refractivity contribution in [1.29, 1.82) is 0 Å². The van der Waals surface area contributed by atoms with Crippen LogP contribution in [0.5, 0.6) is 0 Å². The van der Waals surface area contributed by atoms with Crippen molar-refractivity contribution in [3.8, 4) is 0 Å². The van der Waals surface area contributed by atoms with E-state index in [2.05, 4.69) is 29.5 Å². The number of nitrogens with two attached hydrogens (primary N) is 1. The number of nitrogens with zero attached hydrogens (tertiary/aromatic N) is 4. The first kappa shape index (κ1) is 21.2. The molecule has 1 aromatic rings. The quantitative estimate of drug-likeness (QED) is 0.742. The second-order valence-electron chi connectivity index (χ2n) is 9.31. The van der Waals surface area contributed by atoms with Crippen molar-refractivity contribution < 1.29 is 9.18 Å². The number of hydrogen-bond acceptors (Lipinski definition) is 6. The molecule has 170 valence electrons. The molecule has 1 aromatic carbocycles. The molecule has 2 unspecified atom stereocenters. The number of halogens is 1. The van der Waals surface area contributed by atoms with E-state index in [0.29, 0.717) is 17.7 Å². The summed E-state index contributed by atoms with van der Waals surface area (Å²) in [6, 6.07) is 4.59. The van der Waals surface area contributed by atoms with Crippen LogP contribution in [0.2, 0.25) is 0 Å². The normalized spacial score (nSPS) is 27.8. The molecule has 2 saturated heterocycles. The van der Waals surface area contributed by atoms with Crippen molar-refractivity contribution in [3.63, 3.8) is 0 Å². The van der Waals surface area contributed by atoms with Crippen LogP contribution in [0.25, 0.3) is 0 Å². The zero-order valence-electron chi connectivity index (χ0n) is 18.7. The van der Waals surface area contributed by atoms with Gasteiger partial charge in [0.05, 0.1) is 12.1 Å². The van der Waals surface area contributed by atoms with Gasteiger partial charge in [0, 0.05) is 43.0 Å². The SMILES string of the molecule is CC1=CN2NC(C3CCCCN3C(=O)c3ccc(F)cc3C)C=C2N=C1N1CC[C@H](N)C1. The van der Waals surface area contributed by atoms with Gasteiger partial charge in [-0.25, -0.2) is 14.8 Å². The van der Waals surface area contributed by atoms with E-state index in [1.807, 2.05) is 9.91 Å². The fourth-order valence-corrected chi connectivity index (χ4v) is 5.25. The van der Waals surface area contributed by atoms with Crippen LogP contribution >= 0.6 is 0 Å². The van der Waals surface area contributed by atoms with Gasteiger partial charge in [-0.05, 0) is 69.4 Å². The number of hydrogen-bond donors (Lipinski definition) is 2. The summed E-state index contributed by atoms with van der Waals surface area (Å²) >= 11 is 0. The van der Waals surface area contributed by atoms with Crippen molar-refractivity contribution in [2.75, 3.05) is 19.6 Å². The van der Waals surface area contributed by atoms with E-state index in [1.165, 1.54) is 12.1 Å². The van der Waals surface area contributed by atoms with E-state index in [9.17, 15) is 9.18 Å². The molecule has 32 heavy (non-hydrogen) atoms.